The number of nitrogens with zero attached hydrogens (tertiary/aromatic N) is 3. The monoisotopic (exact) mass is 582 g/mol. The fourth-order valence-electron chi connectivity index (χ4n) is 5.30. The van der Waals surface area contributed by atoms with Crippen LogP contribution in [0.4, 0.5) is 9.93 Å². The first-order chi connectivity index (χ1) is 20.5. The van der Waals surface area contributed by atoms with Gasteiger partial charge in [-0.25, -0.2) is 9.78 Å². The van der Waals surface area contributed by atoms with Crippen LogP contribution in [0.2, 0.25) is 0 Å². The van der Waals surface area contributed by atoms with E-state index in [1.54, 1.807) is 6.92 Å². The molecule has 1 aromatic heterocycles. The van der Waals surface area contributed by atoms with Crippen molar-refractivity contribution >= 4 is 28.3 Å². The standard InChI is InChI=1S/C34H38N4O3S/c1-26(39)24-27-12-14-30(15-13-27)32-25-42-33(35-32)36-34(40)38(19-18-37-20-22-41-23-21-37)17-16-31(28-8-4-2-5-9-28)29-10-6-3-7-11-29/h2-15,25,31H,16-24H2,1H3,(H,35,36,40). The van der Waals surface area contributed by atoms with Crippen LogP contribution in [-0.2, 0) is 16.0 Å². The molecule has 0 aliphatic carbocycles. The smallest absolute Gasteiger partial charge is 0.323 e. The zero-order chi connectivity index (χ0) is 29.1. The van der Waals surface area contributed by atoms with Gasteiger partial charge in [0, 0.05) is 56.0 Å². The lowest BCUT2D eigenvalue weighted by molar-refractivity contribution is -0.116. The lowest BCUT2D eigenvalue weighted by Crippen LogP contribution is -2.44. The number of thiazole rings is 1. The fraction of sp³-hybridized carbons (Fsp3) is 0.324. The Kier molecular flexibility index (Phi) is 10.5. The number of urea groups is 1. The molecule has 1 fully saturated rings. The van der Waals surface area contributed by atoms with Gasteiger partial charge in [0.1, 0.15) is 5.78 Å². The van der Waals surface area contributed by atoms with Crippen molar-refractivity contribution in [3.05, 3.63) is 107 Å². The Morgan fingerprint density at radius 3 is 2.19 bits per heavy atom. The minimum atomic E-state index is -0.138. The number of carbonyl (C=O) groups is 2. The molecule has 1 saturated heterocycles. The van der Waals surface area contributed by atoms with E-state index in [-0.39, 0.29) is 17.7 Å². The Morgan fingerprint density at radius 1 is 0.929 bits per heavy atom. The van der Waals surface area contributed by atoms with Gasteiger partial charge in [-0.1, -0.05) is 84.9 Å². The third kappa shape index (κ3) is 8.35. The highest BCUT2D eigenvalue weighted by Crippen LogP contribution is 2.29. The predicted octanol–water partition coefficient (Wildman–Crippen LogP) is 6.33. The molecule has 0 bridgehead atoms. The number of morpholine rings is 1. The number of benzene rings is 3. The van der Waals surface area contributed by atoms with Gasteiger partial charge in [0.15, 0.2) is 5.13 Å². The van der Waals surface area contributed by atoms with E-state index < -0.39 is 0 Å². The SMILES string of the molecule is CC(=O)Cc1ccc(-c2csc(NC(=O)N(CCC(c3ccccc3)c3ccccc3)CCN3CCOCC3)n2)cc1. The van der Waals surface area contributed by atoms with Crippen LogP contribution in [-0.4, -0.2) is 72.5 Å². The second-order valence-electron chi connectivity index (χ2n) is 10.6. The van der Waals surface area contributed by atoms with Crippen LogP contribution in [0.15, 0.2) is 90.3 Å². The van der Waals surface area contributed by atoms with Crippen molar-refractivity contribution in [1.29, 1.82) is 0 Å². The summed E-state index contributed by atoms with van der Waals surface area (Å²) in [6, 6.07) is 28.8. The van der Waals surface area contributed by atoms with Crippen molar-refractivity contribution < 1.29 is 14.3 Å². The van der Waals surface area contributed by atoms with Gasteiger partial charge in [0.05, 0.1) is 18.9 Å². The molecule has 3 aromatic carbocycles. The van der Waals surface area contributed by atoms with Crippen molar-refractivity contribution in [3.63, 3.8) is 0 Å². The maximum absolute atomic E-state index is 13.7. The maximum atomic E-state index is 13.7. The number of ether oxygens (including phenoxy) is 1. The summed E-state index contributed by atoms with van der Waals surface area (Å²) in [5.74, 6) is 0.321. The average molecular weight is 583 g/mol. The van der Waals surface area contributed by atoms with Crippen LogP contribution in [0.1, 0.15) is 36.0 Å². The summed E-state index contributed by atoms with van der Waals surface area (Å²) in [6.07, 6.45) is 1.23. The first-order valence-corrected chi connectivity index (χ1v) is 15.4. The lowest BCUT2D eigenvalue weighted by atomic mass is 9.88. The Hall–Kier alpha value is -3.85. The summed E-state index contributed by atoms with van der Waals surface area (Å²) in [4.78, 5) is 34.1. The minimum absolute atomic E-state index is 0.137. The molecule has 1 aliphatic heterocycles. The summed E-state index contributed by atoms with van der Waals surface area (Å²) >= 11 is 1.42. The molecular weight excluding hydrogens is 544 g/mol. The molecule has 2 amide bonds. The highest BCUT2D eigenvalue weighted by atomic mass is 32.1. The first kappa shape index (κ1) is 29.6. The van der Waals surface area contributed by atoms with E-state index >= 15 is 0 Å². The third-order valence-corrected chi connectivity index (χ3v) is 8.35. The molecule has 1 aliphatic rings. The van der Waals surface area contributed by atoms with Crippen molar-refractivity contribution in [2.75, 3.05) is 51.3 Å². The Morgan fingerprint density at radius 2 is 1.57 bits per heavy atom. The van der Waals surface area contributed by atoms with Crippen molar-refractivity contribution in [3.8, 4) is 11.3 Å². The van der Waals surface area contributed by atoms with Crippen LogP contribution in [0.3, 0.4) is 0 Å². The normalized spacial score (nSPS) is 13.7. The van der Waals surface area contributed by atoms with Crippen LogP contribution < -0.4 is 5.32 Å². The Balaban J connectivity index is 1.28. The number of hydrogen-bond acceptors (Lipinski definition) is 6. The number of hydrogen-bond donors (Lipinski definition) is 1. The van der Waals surface area contributed by atoms with Crippen molar-refractivity contribution in [2.24, 2.45) is 0 Å². The number of anilines is 1. The first-order valence-electron chi connectivity index (χ1n) is 14.6. The van der Waals surface area contributed by atoms with Gasteiger partial charge in [-0.05, 0) is 30.0 Å². The number of nitrogens with one attached hydrogen (secondary N) is 1. The van der Waals surface area contributed by atoms with E-state index in [1.165, 1.54) is 22.5 Å². The van der Waals surface area contributed by atoms with Gasteiger partial charge in [0.2, 0.25) is 0 Å². The molecule has 2 heterocycles. The van der Waals surface area contributed by atoms with Crippen molar-refractivity contribution in [2.45, 2.75) is 25.7 Å². The predicted molar refractivity (Wildman–Crippen MR) is 169 cm³/mol. The van der Waals surface area contributed by atoms with Gasteiger partial charge in [-0.15, -0.1) is 11.3 Å². The van der Waals surface area contributed by atoms with Gasteiger partial charge in [-0.2, -0.15) is 0 Å². The number of amides is 2. The molecule has 0 spiro atoms. The summed E-state index contributed by atoms with van der Waals surface area (Å²) in [6.45, 7) is 6.85. The molecule has 8 heteroatoms. The Labute approximate surface area is 252 Å². The van der Waals surface area contributed by atoms with E-state index in [2.05, 4.69) is 58.7 Å². The van der Waals surface area contributed by atoms with Gasteiger partial charge in [0.25, 0.3) is 0 Å². The number of aromatic nitrogens is 1. The molecule has 0 saturated carbocycles. The highest BCUT2D eigenvalue weighted by molar-refractivity contribution is 7.14. The molecule has 7 nitrogen and oxygen atoms in total. The minimum Gasteiger partial charge on any atom is -0.379 e. The highest BCUT2D eigenvalue weighted by Gasteiger charge is 2.21. The topological polar surface area (TPSA) is 74.8 Å². The summed E-state index contributed by atoms with van der Waals surface area (Å²) in [5.41, 5.74) is 5.23. The van der Waals surface area contributed by atoms with Gasteiger partial charge < -0.3 is 9.64 Å². The number of rotatable bonds is 12. The second kappa shape index (κ2) is 14.9. The van der Waals surface area contributed by atoms with E-state index in [4.69, 9.17) is 9.72 Å². The molecule has 1 N–H and O–H groups in total. The third-order valence-electron chi connectivity index (χ3n) is 7.59. The summed E-state index contributed by atoms with van der Waals surface area (Å²) < 4.78 is 5.52. The summed E-state index contributed by atoms with van der Waals surface area (Å²) in [7, 11) is 0. The maximum Gasteiger partial charge on any atom is 0.323 e. The molecule has 4 aromatic rings. The van der Waals surface area contributed by atoms with Gasteiger partial charge in [-0.3, -0.25) is 15.0 Å². The molecule has 42 heavy (non-hydrogen) atoms. The van der Waals surface area contributed by atoms with Crippen LogP contribution in [0.25, 0.3) is 11.3 Å². The lowest BCUT2D eigenvalue weighted by Gasteiger charge is -2.31. The quantitative estimate of drug-likeness (QED) is 0.211. The number of carbonyl (C=O) groups excluding carboxylic acids is 2. The molecule has 0 radical (unpaired) electrons. The van der Waals surface area contributed by atoms with E-state index in [0.29, 0.717) is 24.6 Å². The van der Waals surface area contributed by atoms with Crippen molar-refractivity contribution in [1.82, 2.24) is 14.8 Å². The van der Waals surface area contributed by atoms with E-state index in [0.717, 1.165) is 56.1 Å². The molecule has 0 unspecified atom stereocenters. The summed E-state index contributed by atoms with van der Waals surface area (Å²) in [5, 5.41) is 5.59. The largest absolute Gasteiger partial charge is 0.379 e. The zero-order valence-electron chi connectivity index (χ0n) is 24.1. The van der Waals surface area contributed by atoms with Crippen LogP contribution in [0, 0.1) is 0 Å². The number of ketones is 1. The fourth-order valence-corrected chi connectivity index (χ4v) is 6.01. The average Bonchev–Trinajstić information content (AvgIpc) is 3.48. The second-order valence-corrected chi connectivity index (χ2v) is 11.5. The van der Waals surface area contributed by atoms with E-state index in [1.807, 2.05) is 46.7 Å². The van der Waals surface area contributed by atoms with Crippen LogP contribution in [0.5, 0.6) is 0 Å². The molecule has 218 valence electrons. The van der Waals surface area contributed by atoms with Gasteiger partial charge >= 0.3 is 6.03 Å². The van der Waals surface area contributed by atoms with E-state index in [9.17, 15) is 9.59 Å². The Bertz CT molecular complexity index is 1380. The number of Topliss-reactive ketones (excluding diaryl/α,β-unsaturated/α-hetero) is 1. The van der Waals surface area contributed by atoms with Crippen LogP contribution >= 0.6 is 11.3 Å². The molecule has 5 rings (SSSR count). The molecular formula is C34H38N4O3S. The zero-order valence-corrected chi connectivity index (χ0v) is 24.9. The molecule has 0 atom stereocenters.